The number of carbonyl (C=O) groups excluding carboxylic acids is 3. The van der Waals surface area contributed by atoms with Crippen LogP contribution < -0.4 is 15.5 Å². The van der Waals surface area contributed by atoms with Crippen molar-refractivity contribution < 1.29 is 14.4 Å². The zero-order chi connectivity index (χ0) is 19.4. The van der Waals surface area contributed by atoms with E-state index in [1.807, 2.05) is 30.3 Å². The molecule has 0 atom stereocenters. The third-order valence-electron chi connectivity index (χ3n) is 4.52. The predicted molar refractivity (Wildman–Crippen MR) is 104 cm³/mol. The van der Waals surface area contributed by atoms with E-state index >= 15 is 0 Å². The van der Waals surface area contributed by atoms with Gasteiger partial charge < -0.3 is 15.5 Å². The van der Waals surface area contributed by atoms with Crippen LogP contribution in [0.4, 0.5) is 17.1 Å². The fourth-order valence-electron chi connectivity index (χ4n) is 3.14. The number of nitrogen functional groups attached to an aromatic ring is 1. The summed E-state index contributed by atoms with van der Waals surface area (Å²) in [4.78, 5) is 41.9. The molecule has 0 aromatic heterocycles. The van der Waals surface area contributed by atoms with Crippen molar-refractivity contribution in [1.29, 1.82) is 0 Å². The topological polar surface area (TPSA) is 87.0 Å². The molecule has 0 bridgehead atoms. The Kier molecular flexibility index (Phi) is 5.40. The van der Waals surface area contributed by atoms with Crippen LogP contribution in [0, 0.1) is 0 Å². The van der Waals surface area contributed by atoms with Crippen molar-refractivity contribution >= 4 is 34.8 Å². The number of imide groups is 1. The monoisotopic (exact) mass is 366 g/mol. The van der Waals surface area contributed by atoms with Crippen LogP contribution in [0.25, 0.3) is 0 Å². The second kappa shape index (κ2) is 7.90. The van der Waals surface area contributed by atoms with Gasteiger partial charge in [-0.25, -0.2) is 4.90 Å². The molecule has 2 N–H and O–H groups in total. The molecule has 7 heteroatoms. The van der Waals surface area contributed by atoms with Crippen LogP contribution in [0.2, 0.25) is 0 Å². The van der Waals surface area contributed by atoms with Crippen LogP contribution in [0.1, 0.15) is 6.92 Å². The van der Waals surface area contributed by atoms with Crippen molar-refractivity contribution in [2.45, 2.75) is 6.92 Å². The molecule has 27 heavy (non-hydrogen) atoms. The van der Waals surface area contributed by atoms with Gasteiger partial charge in [0.05, 0.1) is 5.69 Å². The first kappa shape index (κ1) is 18.4. The smallest absolute Gasteiger partial charge is 0.323 e. The fourth-order valence-corrected chi connectivity index (χ4v) is 3.14. The number of para-hydroxylation sites is 1. The molecule has 140 valence electrons. The van der Waals surface area contributed by atoms with E-state index < -0.39 is 17.7 Å². The summed E-state index contributed by atoms with van der Waals surface area (Å²) >= 11 is 0. The molecule has 7 nitrogen and oxygen atoms in total. The van der Waals surface area contributed by atoms with Crippen LogP contribution in [0.3, 0.4) is 0 Å². The number of hydrogen-bond acceptors (Lipinski definition) is 5. The molecule has 0 aliphatic carbocycles. The van der Waals surface area contributed by atoms with Gasteiger partial charge in [0.15, 0.2) is 0 Å². The first-order valence-corrected chi connectivity index (χ1v) is 8.77. The zero-order valence-electron chi connectivity index (χ0n) is 15.2. The van der Waals surface area contributed by atoms with Crippen molar-refractivity contribution in [1.82, 2.24) is 4.90 Å². The van der Waals surface area contributed by atoms with Gasteiger partial charge in [0.1, 0.15) is 0 Å². The first-order chi connectivity index (χ1) is 13.0. The maximum Gasteiger partial charge on any atom is 0.323 e. The van der Waals surface area contributed by atoms with E-state index in [4.69, 9.17) is 5.73 Å². The average Bonchev–Trinajstić information content (AvgIpc) is 2.68. The highest BCUT2D eigenvalue weighted by molar-refractivity contribution is 6.45. The highest BCUT2D eigenvalue weighted by Gasteiger charge is 2.32. The summed E-state index contributed by atoms with van der Waals surface area (Å²) < 4.78 is 0. The number of amides is 3. The summed E-state index contributed by atoms with van der Waals surface area (Å²) in [7, 11) is 0. The summed E-state index contributed by atoms with van der Waals surface area (Å²) in [5.74, 6) is -2.07. The molecule has 1 aliphatic rings. The molecule has 1 fully saturated rings. The predicted octanol–water partition coefficient (Wildman–Crippen LogP) is 1.50. The largest absolute Gasteiger partial charge is 0.399 e. The number of benzene rings is 2. The average molecular weight is 366 g/mol. The van der Waals surface area contributed by atoms with Crippen molar-refractivity contribution in [3.63, 3.8) is 0 Å². The maximum absolute atomic E-state index is 12.7. The lowest BCUT2D eigenvalue weighted by Crippen LogP contribution is -2.54. The fraction of sp³-hybridized carbons (Fsp3) is 0.250. The minimum Gasteiger partial charge on any atom is -0.399 e. The van der Waals surface area contributed by atoms with E-state index in [9.17, 15) is 14.4 Å². The van der Waals surface area contributed by atoms with Crippen LogP contribution in [0.15, 0.2) is 54.6 Å². The summed E-state index contributed by atoms with van der Waals surface area (Å²) in [6, 6.07) is 16.3. The number of nitrogens with zero attached hydrogens (tertiary/aromatic N) is 3. The van der Waals surface area contributed by atoms with Crippen molar-refractivity contribution in [3.05, 3.63) is 54.6 Å². The van der Waals surface area contributed by atoms with Crippen LogP contribution >= 0.6 is 0 Å². The Hall–Kier alpha value is -3.35. The maximum atomic E-state index is 12.7. The van der Waals surface area contributed by atoms with Crippen molar-refractivity contribution in [3.8, 4) is 0 Å². The summed E-state index contributed by atoms with van der Waals surface area (Å²) in [5, 5.41) is 0. The van der Waals surface area contributed by atoms with Gasteiger partial charge in [-0.05, 0) is 30.3 Å². The molecular formula is C20H22N4O3. The van der Waals surface area contributed by atoms with Gasteiger partial charge in [-0.1, -0.05) is 24.3 Å². The SMILES string of the molecule is CC(=O)N(C(=O)C(=O)N1CCN(c2ccccc2)CC1)c1cccc(N)c1. The Morgan fingerprint density at radius 1 is 0.926 bits per heavy atom. The number of hydrogen-bond donors (Lipinski definition) is 1. The van der Waals surface area contributed by atoms with Gasteiger partial charge in [-0.3, -0.25) is 14.4 Å². The van der Waals surface area contributed by atoms with Crippen LogP contribution in [-0.4, -0.2) is 48.8 Å². The van der Waals surface area contributed by atoms with Gasteiger partial charge in [-0.15, -0.1) is 0 Å². The zero-order valence-corrected chi connectivity index (χ0v) is 15.2. The van der Waals surface area contributed by atoms with E-state index in [0.29, 0.717) is 37.6 Å². The summed E-state index contributed by atoms with van der Waals surface area (Å²) in [6.07, 6.45) is 0. The molecule has 3 amide bonds. The Balaban J connectivity index is 1.69. The Bertz CT molecular complexity index is 845. The van der Waals surface area contributed by atoms with Crippen LogP contribution in [0.5, 0.6) is 0 Å². The standard InChI is InChI=1S/C20H22N4O3/c1-15(25)24(18-9-5-6-16(21)14-18)20(27)19(26)23-12-10-22(11-13-23)17-7-3-2-4-8-17/h2-9,14H,10-13,21H2,1H3. The molecular weight excluding hydrogens is 344 g/mol. The highest BCUT2D eigenvalue weighted by atomic mass is 16.2. The van der Waals surface area contributed by atoms with Crippen molar-refractivity contribution in [2.75, 3.05) is 41.7 Å². The Morgan fingerprint density at radius 2 is 1.59 bits per heavy atom. The lowest BCUT2D eigenvalue weighted by molar-refractivity contribution is -0.145. The Morgan fingerprint density at radius 3 is 2.19 bits per heavy atom. The minimum atomic E-state index is -0.860. The lowest BCUT2D eigenvalue weighted by Gasteiger charge is -2.36. The third-order valence-corrected chi connectivity index (χ3v) is 4.52. The Labute approximate surface area is 158 Å². The number of piperazine rings is 1. The summed E-state index contributed by atoms with van der Waals surface area (Å²) in [5.41, 5.74) is 7.53. The third kappa shape index (κ3) is 4.08. The van der Waals surface area contributed by atoms with Gasteiger partial charge >= 0.3 is 11.8 Å². The normalized spacial score (nSPS) is 14.0. The molecule has 1 heterocycles. The highest BCUT2D eigenvalue weighted by Crippen LogP contribution is 2.20. The van der Waals surface area contributed by atoms with E-state index in [-0.39, 0.29) is 0 Å². The molecule has 1 aliphatic heterocycles. The molecule has 1 saturated heterocycles. The molecule has 2 aromatic carbocycles. The van der Waals surface area contributed by atoms with Crippen LogP contribution in [-0.2, 0) is 14.4 Å². The number of carbonyl (C=O) groups is 3. The lowest BCUT2D eigenvalue weighted by atomic mass is 10.2. The summed E-state index contributed by atoms with van der Waals surface area (Å²) in [6.45, 7) is 3.34. The molecule has 0 saturated carbocycles. The van der Waals surface area contributed by atoms with Gasteiger partial charge in [0.2, 0.25) is 5.91 Å². The quantitative estimate of drug-likeness (QED) is 0.643. The number of rotatable bonds is 2. The van der Waals surface area contributed by atoms with E-state index in [1.54, 1.807) is 18.2 Å². The molecule has 0 unspecified atom stereocenters. The molecule has 2 aromatic rings. The molecule has 3 rings (SSSR count). The molecule has 0 spiro atoms. The van der Waals surface area contributed by atoms with E-state index in [2.05, 4.69) is 4.90 Å². The van der Waals surface area contributed by atoms with Gasteiger partial charge in [0.25, 0.3) is 0 Å². The molecule has 0 radical (unpaired) electrons. The first-order valence-electron chi connectivity index (χ1n) is 8.77. The second-order valence-corrected chi connectivity index (χ2v) is 6.37. The minimum absolute atomic E-state index is 0.295. The van der Waals surface area contributed by atoms with Gasteiger partial charge in [0, 0.05) is 44.5 Å². The van der Waals surface area contributed by atoms with Crippen molar-refractivity contribution in [2.24, 2.45) is 0 Å². The number of nitrogens with two attached hydrogens (primary N) is 1. The second-order valence-electron chi connectivity index (χ2n) is 6.37. The van der Waals surface area contributed by atoms with Gasteiger partial charge in [-0.2, -0.15) is 0 Å². The van der Waals surface area contributed by atoms with E-state index in [0.717, 1.165) is 10.6 Å². The number of anilines is 3. The van der Waals surface area contributed by atoms with E-state index in [1.165, 1.54) is 17.9 Å².